The summed E-state index contributed by atoms with van der Waals surface area (Å²) in [4.78, 5) is 11.9. The Hall–Kier alpha value is -0.870. The minimum atomic E-state index is -0.503. The first-order valence-electron chi connectivity index (χ1n) is 5.01. The van der Waals surface area contributed by atoms with Gasteiger partial charge in [-0.05, 0) is 20.3 Å². The van der Waals surface area contributed by atoms with Crippen molar-refractivity contribution in [3.63, 3.8) is 0 Å². The lowest BCUT2D eigenvalue weighted by atomic mass is 10.1. The molecule has 0 radical (unpaired) electrons. The number of hydrogen-bond donors (Lipinski definition) is 1. The smallest absolute Gasteiger partial charge is 0.199 e. The van der Waals surface area contributed by atoms with Crippen LogP contribution in [0.25, 0.3) is 0 Å². The zero-order chi connectivity index (χ0) is 11.6. The summed E-state index contributed by atoms with van der Waals surface area (Å²) in [6.45, 7) is 5.75. The number of nitrogens with two attached hydrogens (primary N) is 1. The van der Waals surface area contributed by atoms with E-state index >= 15 is 0 Å². The van der Waals surface area contributed by atoms with Crippen molar-refractivity contribution in [3.8, 4) is 0 Å². The SMILES string of the molecule is CCC(N)C(=O)c1c(Cl)cnn1C(C)C. The fourth-order valence-corrected chi connectivity index (χ4v) is 1.55. The Morgan fingerprint density at radius 1 is 1.67 bits per heavy atom. The lowest BCUT2D eigenvalue weighted by molar-refractivity contribution is 0.0947. The number of carbonyl (C=O) groups excluding carboxylic acids is 1. The molecular formula is C10H16ClN3O. The van der Waals surface area contributed by atoms with Crippen LogP contribution in [0.15, 0.2) is 6.20 Å². The Labute approximate surface area is 94.4 Å². The number of nitrogens with zero attached hydrogens (tertiary/aromatic N) is 2. The number of halogens is 1. The van der Waals surface area contributed by atoms with E-state index in [-0.39, 0.29) is 11.8 Å². The highest BCUT2D eigenvalue weighted by Crippen LogP contribution is 2.20. The molecule has 15 heavy (non-hydrogen) atoms. The molecule has 2 N–H and O–H groups in total. The lowest BCUT2D eigenvalue weighted by Gasteiger charge is -2.13. The minimum Gasteiger partial charge on any atom is -0.321 e. The third-order valence-corrected chi connectivity index (χ3v) is 2.53. The van der Waals surface area contributed by atoms with Gasteiger partial charge in [0, 0.05) is 6.04 Å². The fraction of sp³-hybridized carbons (Fsp3) is 0.600. The van der Waals surface area contributed by atoms with E-state index in [2.05, 4.69) is 5.10 Å². The molecule has 0 saturated heterocycles. The molecule has 0 aromatic carbocycles. The molecule has 0 spiro atoms. The average molecular weight is 230 g/mol. The molecule has 1 heterocycles. The second-order valence-electron chi connectivity index (χ2n) is 3.76. The number of ketones is 1. The van der Waals surface area contributed by atoms with Crippen molar-refractivity contribution in [1.82, 2.24) is 9.78 Å². The Bertz CT molecular complexity index is 360. The summed E-state index contributed by atoms with van der Waals surface area (Å²) in [7, 11) is 0. The summed E-state index contributed by atoms with van der Waals surface area (Å²) in [5.41, 5.74) is 6.11. The van der Waals surface area contributed by atoms with Crippen LogP contribution in [-0.2, 0) is 0 Å². The normalized spacial score (nSPS) is 13.2. The maximum absolute atomic E-state index is 11.9. The molecule has 0 bridgehead atoms. The third-order valence-electron chi connectivity index (χ3n) is 2.25. The molecule has 0 aliphatic rings. The quantitative estimate of drug-likeness (QED) is 0.804. The molecule has 4 nitrogen and oxygen atoms in total. The van der Waals surface area contributed by atoms with Crippen LogP contribution >= 0.6 is 11.6 Å². The van der Waals surface area contributed by atoms with Gasteiger partial charge >= 0.3 is 0 Å². The molecule has 0 aliphatic heterocycles. The molecule has 1 rings (SSSR count). The molecule has 1 unspecified atom stereocenters. The van der Waals surface area contributed by atoms with Crippen molar-refractivity contribution in [1.29, 1.82) is 0 Å². The van der Waals surface area contributed by atoms with Crippen LogP contribution in [0.1, 0.15) is 43.7 Å². The van der Waals surface area contributed by atoms with Gasteiger partial charge in [0.25, 0.3) is 0 Å². The zero-order valence-corrected chi connectivity index (χ0v) is 9.95. The Morgan fingerprint density at radius 3 is 2.73 bits per heavy atom. The minimum absolute atomic E-state index is 0.0977. The molecule has 0 amide bonds. The molecule has 5 heteroatoms. The van der Waals surface area contributed by atoms with Gasteiger partial charge in [-0.25, -0.2) is 0 Å². The van der Waals surface area contributed by atoms with Crippen molar-refractivity contribution in [2.24, 2.45) is 5.73 Å². The van der Waals surface area contributed by atoms with Crippen molar-refractivity contribution in [2.75, 3.05) is 0 Å². The molecule has 0 fully saturated rings. The molecule has 1 aromatic rings. The maximum atomic E-state index is 11.9. The lowest BCUT2D eigenvalue weighted by Crippen LogP contribution is -2.32. The van der Waals surface area contributed by atoms with Crippen LogP contribution in [0.2, 0.25) is 5.02 Å². The predicted molar refractivity (Wildman–Crippen MR) is 60.2 cm³/mol. The predicted octanol–water partition coefficient (Wildman–Crippen LogP) is 2.04. The van der Waals surface area contributed by atoms with E-state index in [0.29, 0.717) is 17.1 Å². The highest BCUT2D eigenvalue weighted by atomic mass is 35.5. The fourth-order valence-electron chi connectivity index (χ4n) is 1.32. The summed E-state index contributed by atoms with van der Waals surface area (Å²) in [5, 5.41) is 4.43. The van der Waals surface area contributed by atoms with E-state index in [1.165, 1.54) is 6.20 Å². The summed E-state index contributed by atoms with van der Waals surface area (Å²) in [6, 6.07) is -0.405. The van der Waals surface area contributed by atoms with Gasteiger partial charge in [-0.3, -0.25) is 9.48 Å². The Balaban J connectivity index is 3.12. The van der Waals surface area contributed by atoms with Gasteiger partial charge in [-0.15, -0.1) is 0 Å². The van der Waals surface area contributed by atoms with Crippen LogP contribution in [-0.4, -0.2) is 21.6 Å². The van der Waals surface area contributed by atoms with Crippen LogP contribution in [0.4, 0.5) is 0 Å². The van der Waals surface area contributed by atoms with Gasteiger partial charge in [-0.1, -0.05) is 18.5 Å². The van der Waals surface area contributed by atoms with Gasteiger partial charge in [0.15, 0.2) is 5.78 Å². The summed E-state index contributed by atoms with van der Waals surface area (Å²) in [6.07, 6.45) is 2.08. The molecule has 0 saturated carbocycles. The van der Waals surface area contributed by atoms with Gasteiger partial charge in [-0.2, -0.15) is 5.10 Å². The van der Waals surface area contributed by atoms with Gasteiger partial charge in [0.1, 0.15) is 5.69 Å². The highest BCUT2D eigenvalue weighted by Gasteiger charge is 2.23. The van der Waals surface area contributed by atoms with E-state index in [9.17, 15) is 4.79 Å². The number of Topliss-reactive ketones (excluding diaryl/α,β-unsaturated/α-hetero) is 1. The van der Waals surface area contributed by atoms with E-state index < -0.39 is 6.04 Å². The largest absolute Gasteiger partial charge is 0.321 e. The zero-order valence-electron chi connectivity index (χ0n) is 9.20. The molecule has 1 aromatic heterocycles. The summed E-state index contributed by atoms with van der Waals surface area (Å²) < 4.78 is 1.61. The number of carbonyl (C=O) groups is 1. The van der Waals surface area contributed by atoms with Crippen molar-refractivity contribution < 1.29 is 4.79 Å². The molecule has 0 aliphatic carbocycles. The number of hydrogen-bond acceptors (Lipinski definition) is 3. The van der Waals surface area contributed by atoms with E-state index in [1.807, 2.05) is 20.8 Å². The number of rotatable bonds is 4. The molecular weight excluding hydrogens is 214 g/mol. The van der Waals surface area contributed by atoms with Crippen molar-refractivity contribution in [2.45, 2.75) is 39.3 Å². The van der Waals surface area contributed by atoms with E-state index in [1.54, 1.807) is 4.68 Å². The third kappa shape index (κ3) is 2.38. The first-order valence-corrected chi connectivity index (χ1v) is 5.39. The van der Waals surface area contributed by atoms with E-state index in [0.717, 1.165) is 0 Å². The van der Waals surface area contributed by atoms with Crippen molar-refractivity contribution >= 4 is 17.4 Å². The second-order valence-corrected chi connectivity index (χ2v) is 4.17. The highest BCUT2D eigenvalue weighted by molar-refractivity contribution is 6.33. The van der Waals surface area contributed by atoms with Gasteiger partial charge < -0.3 is 5.73 Å². The maximum Gasteiger partial charge on any atom is 0.199 e. The summed E-state index contributed by atoms with van der Waals surface area (Å²) >= 11 is 5.93. The van der Waals surface area contributed by atoms with E-state index in [4.69, 9.17) is 17.3 Å². The molecule has 1 atom stereocenters. The first kappa shape index (κ1) is 12.2. The van der Waals surface area contributed by atoms with Gasteiger partial charge in [0.05, 0.1) is 17.3 Å². The van der Waals surface area contributed by atoms with Gasteiger partial charge in [0.2, 0.25) is 0 Å². The summed E-state index contributed by atoms with van der Waals surface area (Å²) in [5.74, 6) is -0.145. The Morgan fingerprint density at radius 2 is 2.27 bits per heavy atom. The Kier molecular flexibility index (Phi) is 3.88. The average Bonchev–Trinajstić information content (AvgIpc) is 2.58. The number of aromatic nitrogens is 2. The van der Waals surface area contributed by atoms with Crippen LogP contribution in [0.3, 0.4) is 0 Å². The molecule has 84 valence electrons. The standard InChI is InChI=1S/C10H16ClN3O/c1-4-8(12)10(15)9-7(11)5-13-14(9)6(2)3/h5-6,8H,4,12H2,1-3H3. The first-order chi connectivity index (χ1) is 6.99. The van der Waals surface area contributed by atoms with Crippen LogP contribution in [0.5, 0.6) is 0 Å². The van der Waals surface area contributed by atoms with Crippen LogP contribution in [0, 0.1) is 0 Å². The second kappa shape index (κ2) is 4.77. The van der Waals surface area contributed by atoms with Crippen molar-refractivity contribution in [3.05, 3.63) is 16.9 Å². The topological polar surface area (TPSA) is 60.9 Å². The monoisotopic (exact) mass is 229 g/mol. The van der Waals surface area contributed by atoms with Crippen LogP contribution < -0.4 is 5.73 Å².